The van der Waals surface area contributed by atoms with Crippen LogP contribution in [0.25, 0.3) is 16.9 Å². The van der Waals surface area contributed by atoms with E-state index >= 15 is 0 Å². The van der Waals surface area contributed by atoms with Gasteiger partial charge < -0.3 is 5.32 Å². The van der Waals surface area contributed by atoms with Crippen molar-refractivity contribution in [1.29, 1.82) is 0 Å². The molecule has 0 saturated heterocycles. The molecule has 2 aromatic heterocycles. The first-order chi connectivity index (χ1) is 13.0. The molecule has 6 heteroatoms. The highest BCUT2D eigenvalue weighted by atomic mass is 16.1. The maximum atomic E-state index is 12.7. The molecule has 0 aliphatic carbocycles. The van der Waals surface area contributed by atoms with Crippen molar-refractivity contribution in [3.05, 3.63) is 75.8 Å². The fourth-order valence-electron chi connectivity index (χ4n) is 3.29. The van der Waals surface area contributed by atoms with E-state index in [1.165, 1.54) is 16.7 Å². The van der Waals surface area contributed by atoms with Crippen LogP contribution in [0.15, 0.2) is 53.5 Å². The number of benzene rings is 2. The summed E-state index contributed by atoms with van der Waals surface area (Å²) in [5.74, 6) is 0.991. The summed E-state index contributed by atoms with van der Waals surface area (Å²) in [5.41, 5.74) is 6.16. The van der Waals surface area contributed by atoms with Crippen LogP contribution in [0.5, 0.6) is 0 Å². The minimum atomic E-state index is -0.136. The van der Waals surface area contributed by atoms with Crippen LogP contribution in [-0.4, -0.2) is 19.1 Å². The minimum absolute atomic E-state index is 0.136. The average molecular weight is 359 g/mol. The molecule has 2 aromatic carbocycles. The predicted octanol–water partition coefficient (Wildman–Crippen LogP) is 3.79. The molecule has 0 unspecified atom stereocenters. The van der Waals surface area contributed by atoms with Crippen LogP contribution in [0, 0.1) is 20.8 Å². The Balaban J connectivity index is 1.79. The fourth-order valence-corrected chi connectivity index (χ4v) is 3.29. The number of nitrogens with one attached hydrogen (secondary N) is 1. The van der Waals surface area contributed by atoms with Gasteiger partial charge in [0, 0.05) is 25.0 Å². The van der Waals surface area contributed by atoms with E-state index in [1.807, 2.05) is 24.3 Å². The third kappa shape index (κ3) is 2.89. The van der Waals surface area contributed by atoms with Crippen LogP contribution < -0.4 is 11.0 Å². The summed E-state index contributed by atoms with van der Waals surface area (Å²) >= 11 is 0. The van der Waals surface area contributed by atoms with E-state index in [2.05, 4.69) is 48.2 Å². The lowest BCUT2D eigenvalue weighted by atomic mass is 10.0. The van der Waals surface area contributed by atoms with E-state index in [-0.39, 0.29) is 5.69 Å². The van der Waals surface area contributed by atoms with Crippen LogP contribution in [0.2, 0.25) is 0 Å². The molecule has 0 amide bonds. The maximum Gasteiger partial charge on any atom is 0.334 e. The molecule has 2 heterocycles. The Hall–Kier alpha value is -3.41. The third-order valence-corrected chi connectivity index (χ3v) is 5.02. The second-order valence-corrected chi connectivity index (χ2v) is 6.76. The van der Waals surface area contributed by atoms with Crippen LogP contribution in [0.1, 0.15) is 16.7 Å². The van der Waals surface area contributed by atoms with E-state index in [9.17, 15) is 4.79 Å². The number of hydrogen-bond donors (Lipinski definition) is 1. The van der Waals surface area contributed by atoms with Gasteiger partial charge in [-0.2, -0.15) is 4.98 Å². The number of imidazole rings is 1. The van der Waals surface area contributed by atoms with Crippen molar-refractivity contribution in [3.63, 3.8) is 0 Å². The number of hydrogen-bond acceptors (Lipinski definition) is 4. The van der Waals surface area contributed by atoms with Gasteiger partial charge in [-0.3, -0.25) is 4.57 Å². The summed E-state index contributed by atoms with van der Waals surface area (Å²) in [4.78, 5) is 21.6. The standard InChI is InChI=1S/C21H21N5O/c1-13-11-16(12-14(2)15(13)3)23-20-22-10-9-19(24-20)26-18-8-6-5-7-17(18)25(4)21(26)27/h5-12H,1-4H3,(H,22,23,24). The normalized spacial score (nSPS) is 11.1. The van der Waals surface area contributed by atoms with Gasteiger partial charge in [-0.1, -0.05) is 12.1 Å². The van der Waals surface area contributed by atoms with Crippen molar-refractivity contribution in [2.24, 2.45) is 7.05 Å². The number of rotatable bonds is 3. The molecule has 0 radical (unpaired) electrons. The second kappa shape index (κ2) is 6.39. The summed E-state index contributed by atoms with van der Waals surface area (Å²) in [7, 11) is 1.76. The van der Waals surface area contributed by atoms with Crippen LogP contribution in [0.3, 0.4) is 0 Å². The van der Waals surface area contributed by atoms with E-state index in [0.717, 1.165) is 16.7 Å². The van der Waals surface area contributed by atoms with E-state index < -0.39 is 0 Å². The largest absolute Gasteiger partial charge is 0.334 e. The van der Waals surface area contributed by atoms with Crippen LogP contribution >= 0.6 is 0 Å². The number of aryl methyl sites for hydroxylation is 3. The van der Waals surface area contributed by atoms with Gasteiger partial charge in [-0.05, 0) is 61.7 Å². The highest BCUT2D eigenvalue weighted by Gasteiger charge is 2.13. The monoisotopic (exact) mass is 359 g/mol. The molecule has 0 spiro atoms. The number of fused-ring (bicyclic) bond motifs is 1. The molecule has 4 rings (SSSR count). The van der Waals surface area contributed by atoms with Crippen LogP contribution in [-0.2, 0) is 7.05 Å². The number of aromatic nitrogens is 4. The average Bonchev–Trinajstić information content (AvgIpc) is 2.91. The SMILES string of the molecule is Cc1cc(Nc2nccc(-n3c(=O)n(C)c4ccccc43)n2)cc(C)c1C. The summed E-state index contributed by atoms with van der Waals surface area (Å²) in [6, 6.07) is 13.6. The van der Waals surface area contributed by atoms with Gasteiger partial charge in [-0.25, -0.2) is 14.3 Å². The van der Waals surface area contributed by atoms with Gasteiger partial charge in [0.05, 0.1) is 11.0 Å². The zero-order valence-corrected chi connectivity index (χ0v) is 15.8. The summed E-state index contributed by atoms with van der Waals surface area (Å²) in [6.07, 6.45) is 1.66. The van der Waals surface area contributed by atoms with E-state index in [4.69, 9.17) is 0 Å². The Morgan fingerprint density at radius 3 is 2.33 bits per heavy atom. The number of anilines is 2. The molecule has 0 saturated carbocycles. The summed E-state index contributed by atoms with van der Waals surface area (Å²) in [6.45, 7) is 6.28. The quantitative estimate of drug-likeness (QED) is 0.604. The maximum absolute atomic E-state index is 12.7. The molecule has 136 valence electrons. The molecule has 0 bridgehead atoms. The Morgan fingerprint density at radius 1 is 0.963 bits per heavy atom. The van der Waals surface area contributed by atoms with Crippen molar-refractivity contribution in [2.75, 3.05) is 5.32 Å². The highest BCUT2D eigenvalue weighted by molar-refractivity contribution is 5.77. The zero-order chi connectivity index (χ0) is 19.1. The lowest BCUT2D eigenvalue weighted by molar-refractivity contribution is 0.832. The van der Waals surface area contributed by atoms with Crippen molar-refractivity contribution in [2.45, 2.75) is 20.8 Å². The van der Waals surface area contributed by atoms with Crippen LogP contribution in [0.4, 0.5) is 11.6 Å². The first-order valence-electron chi connectivity index (χ1n) is 8.80. The highest BCUT2D eigenvalue weighted by Crippen LogP contribution is 2.22. The zero-order valence-electron chi connectivity index (χ0n) is 15.8. The Kier molecular flexibility index (Phi) is 4.03. The van der Waals surface area contributed by atoms with Crippen molar-refractivity contribution in [3.8, 4) is 5.82 Å². The Labute approximate surface area is 157 Å². The van der Waals surface area contributed by atoms with Gasteiger partial charge in [0.1, 0.15) is 5.82 Å². The van der Waals surface area contributed by atoms with Gasteiger partial charge in [-0.15, -0.1) is 0 Å². The van der Waals surface area contributed by atoms with E-state index in [0.29, 0.717) is 11.8 Å². The fraction of sp³-hybridized carbons (Fsp3) is 0.190. The first kappa shape index (κ1) is 17.0. The predicted molar refractivity (Wildman–Crippen MR) is 108 cm³/mol. The first-order valence-corrected chi connectivity index (χ1v) is 8.80. The van der Waals surface area contributed by atoms with Gasteiger partial charge in [0.15, 0.2) is 0 Å². The molecule has 0 fully saturated rings. The Morgan fingerprint density at radius 2 is 1.63 bits per heavy atom. The van der Waals surface area contributed by atoms with Crippen molar-refractivity contribution >= 4 is 22.7 Å². The second-order valence-electron chi connectivity index (χ2n) is 6.76. The van der Waals surface area contributed by atoms with Gasteiger partial charge >= 0.3 is 5.69 Å². The smallest absolute Gasteiger partial charge is 0.324 e. The number of nitrogens with zero attached hydrogens (tertiary/aromatic N) is 4. The molecule has 4 aromatic rings. The molecule has 0 aliphatic rings. The minimum Gasteiger partial charge on any atom is -0.324 e. The molecule has 27 heavy (non-hydrogen) atoms. The molecular formula is C21H21N5O. The molecule has 0 aliphatic heterocycles. The Bertz CT molecular complexity index is 1200. The summed E-state index contributed by atoms with van der Waals surface area (Å²) < 4.78 is 3.23. The van der Waals surface area contributed by atoms with Crippen molar-refractivity contribution in [1.82, 2.24) is 19.1 Å². The molecule has 1 N–H and O–H groups in total. The number of para-hydroxylation sites is 2. The summed E-state index contributed by atoms with van der Waals surface area (Å²) in [5, 5.41) is 3.25. The third-order valence-electron chi connectivity index (χ3n) is 5.02. The molecule has 6 nitrogen and oxygen atoms in total. The van der Waals surface area contributed by atoms with Gasteiger partial charge in [0.25, 0.3) is 0 Å². The lowest BCUT2D eigenvalue weighted by Crippen LogP contribution is -2.21. The topological polar surface area (TPSA) is 64.7 Å². The molecular weight excluding hydrogens is 338 g/mol. The van der Waals surface area contributed by atoms with E-state index in [1.54, 1.807) is 28.4 Å². The van der Waals surface area contributed by atoms with Gasteiger partial charge in [0.2, 0.25) is 5.95 Å². The lowest BCUT2D eigenvalue weighted by Gasteiger charge is -2.11. The molecule has 0 atom stereocenters. The van der Waals surface area contributed by atoms with Crippen molar-refractivity contribution < 1.29 is 0 Å².